The molecule has 3 rings (SSSR count). The first-order valence-corrected chi connectivity index (χ1v) is 8.85. The van der Waals surface area contributed by atoms with Crippen LogP contribution in [0.2, 0.25) is 5.02 Å². The Kier molecular flexibility index (Phi) is 5.46. The summed E-state index contributed by atoms with van der Waals surface area (Å²) >= 11 is 5.85. The third-order valence-corrected chi connectivity index (χ3v) is 4.82. The summed E-state index contributed by atoms with van der Waals surface area (Å²) in [5.74, 6) is -1.30. The van der Waals surface area contributed by atoms with Crippen LogP contribution in [0.1, 0.15) is 28.8 Å². The van der Waals surface area contributed by atoms with Gasteiger partial charge in [0.15, 0.2) is 0 Å². The zero-order valence-electron chi connectivity index (χ0n) is 14.8. The number of hydrogen-bond acceptors (Lipinski definition) is 4. The Balaban J connectivity index is 1.67. The number of halogens is 1. The van der Waals surface area contributed by atoms with Gasteiger partial charge in [0.1, 0.15) is 5.41 Å². The largest absolute Gasteiger partial charge is 0.465 e. The summed E-state index contributed by atoms with van der Waals surface area (Å²) in [5, 5.41) is 6.12. The van der Waals surface area contributed by atoms with Crippen molar-refractivity contribution in [2.24, 2.45) is 5.41 Å². The van der Waals surface area contributed by atoms with E-state index in [1.165, 1.54) is 7.11 Å². The van der Waals surface area contributed by atoms with E-state index in [1.807, 2.05) is 12.1 Å². The van der Waals surface area contributed by atoms with E-state index in [2.05, 4.69) is 10.6 Å². The third-order valence-electron chi connectivity index (χ3n) is 4.57. The van der Waals surface area contributed by atoms with Crippen LogP contribution >= 0.6 is 11.6 Å². The number of carbonyl (C=O) groups excluding carboxylic acids is 3. The number of para-hydroxylation sites is 1. The first kappa shape index (κ1) is 18.9. The summed E-state index contributed by atoms with van der Waals surface area (Å²) in [6.45, 7) is 0.309. The Morgan fingerprint density at radius 3 is 2.33 bits per heavy atom. The predicted octanol–water partition coefficient (Wildman–Crippen LogP) is 3.16. The molecule has 0 saturated heterocycles. The van der Waals surface area contributed by atoms with Gasteiger partial charge in [0.05, 0.1) is 18.4 Å². The minimum absolute atomic E-state index is 0.241. The van der Waals surface area contributed by atoms with Crippen LogP contribution in [0.15, 0.2) is 48.5 Å². The van der Waals surface area contributed by atoms with E-state index < -0.39 is 17.3 Å². The van der Waals surface area contributed by atoms with Gasteiger partial charge in [0.2, 0.25) is 11.8 Å². The molecule has 0 bridgehead atoms. The number of rotatable bonds is 6. The lowest BCUT2D eigenvalue weighted by atomic mass is 10.0. The standard InChI is InChI=1S/C20H19ClN2O4/c1-27-17(24)15-4-2-3-5-16(15)23-19(26)20(10-11-20)18(25)22-12-13-6-8-14(21)9-7-13/h2-9H,10-12H2,1H3,(H,22,25)(H,23,26). The molecule has 1 fully saturated rings. The van der Waals surface area contributed by atoms with Gasteiger partial charge < -0.3 is 15.4 Å². The second-order valence-corrected chi connectivity index (χ2v) is 6.82. The quantitative estimate of drug-likeness (QED) is 0.590. The van der Waals surface area contributed by atoms with E-state index in [0.717, 1.165) is 5.56 Å². The zero-order valence-corrected chi connectivity index (χ0v) is 15.5. The highest BCUT2D eigenvalue weighted by Crippen LogP contribution is 2.47. The average molecular weight is 387 g/mol. The molecule has 7 heteroatoms. The Hall–Kier alpha value is -2.86. The van der Waals surface area contributed by atoms with Crippen LogP contribution < -0.4 is 10.6 Å². The molecule has 0 aromatic heterocycles. The highest BCUT2D eigenvalue weighted by Gasteiger charge is 2.56. The molecule has 2 amide bonds. The number of benzene rings is 2. The van der Waals surface area contributed by atoms with Crippen molar-refractivity contribution in [2.45, 2.75) is 19.4 Å². The highest BCUT2D eigenvalue weighted by atomic mass is 35.5. The van der Waals surface area contributed by atoms with E-state index in [-0.39, 0.29) is 11.5 Å². The molecule has 0 radical (unpaired) electrons. The first-order chi connectivity index (χ1) is 13.0. The van der Waals surface area contributed by atoms with Crippen LogP contribution in [0, 0.1) is 5.41 Å². The molecular weight excluding hydrogens is 368 g/mol. The molecule has 2 aromatic carbocycles. The molecule has 2 N–H and O–H groups in total. The van der Waals surface area contributed by atoms with E-state index in [0.29, 0.717) is 30.1 Å². The van der Waals surface area contributed by atoms with E-state index >= 15 is 0 Å². The lowest BCUT2D eigenvalue weighted by Crippen LogP contribution is -2.39. The van der Waals surface area contributed by atoms with Crippen LogP contribution in [0.5, 0.6) is 0 Å². The van der Waals surface area contributed by atoms with E-state index in [1.54, 1.807) is 36.4 Å². The molecule has 0 atom stereocenters. The Labute approximate surface area is 161 Å². The van der Waals surface area contributed by atoms with Gasteiger partial charge in [-0.15, -0.1) is 0 Å². The number of nitrogens with one attached hydrogen (secondary N) is 2. The summed E-state index contributed by atoms with van der Waals surface area (Å²) in [7, 11) is 1.27. The third kappa shape index (κ3) is 4.11. The predicted molar refractivity (Wildman–Crippen MR) is 101 cm³/mol. The molecular formula is C20H19ClN2O4. The lowest BCUT2D eigenvalue weighted by Gasteiger charge is -2.17. The number of anilines is 1. The molecule has 27 heavy (non-hydrogen) atoms. The number of ether oxygens (including phenoxy) is 1. The molecule has 2 aromatic rings. The van der Waals surface area contributed by atoms with Crippen molar-refractivity contribution in [3.63, 3.8) is 0 Å². The van der Waals surface area contributed by atoms with Crippen LogP contribution in [0.3, 0.4) is 0 Å². The monoisotopic (exact) mass is 386 g/mol. The maximum atomic E-state index is 12.7. The molecule has 0 heterocycles. The summed E-state index contributed by atoms with van der Waals surface area (Å²) in [6, 6.07) is 13.6. The van der Waals surface area contributed by atoms with Gasteiger partial charge >= 0.3 is 5.97 Å². The second kappa shape index (κ2) is 7.80. The van der Waals surface area contributed by atoms with Gasteiger partial charge in [-0.05, 0) is 42.7 Å². The molecule has 0 unspecified atom stereocenters. The summed E-state index contributed by atoms with van der Waals surface area (Å²) in [5.41, 5.74) is 0.354. The van der Waals surface area contributed by atoms with E-state index in [4.69, 9.17) is 16.3 Å². The zero-order chi connectivity index (χ0) is 19.4. The van der Waals surface area contributed by atoms with E-state index in [9.17, 15) is 14.4 Å². The van der Waals surface area contributed by atoms with Gasteiger partial charge in [-0.25, -0.2) is 4.79 Å². The fourth-order valence-electron chi connectivity index (χ4n) is 2.76. The van der Waals surface area contributed by atoms with Gasteiger partial charge in [0.25, 0.3) is 0 Å². The van der Waals surface area contributed by atoms with Crippen molar-refractivity contribution >= 4 is 35.1 Å². The van der Waals surface area contributed by atoms with Gasteiger partial charge in [-0.1, -0.05) is 35.9 Å². The van der Waals surface area contributed by atoms with Crippen molar-refractivity contribution in [3.8, 4) is 0 Å². The number of amides is 2. The maximum absolute atomic E-state index is 12.7. The van der Waals surface area contributed by atoms with Crippen LogP contribution in [0.4, 0.5) is 5.69 Å². The topological polar surface area (TPSA) is 84.5 Å². The Morgan fingerprint density at radius 2 is 1.70 bits per heavy atom. The van der Waals surface area contributed by atoms with Crippen molar-refractivity contribution in [1.29, 1.82) is 0 Å². The van der Waals surface area contributed by atoms with Gasteiger partial charge in [0, 0.05) is 11.6 Å². The van der Waals surface area contributed by atoms with Crippen LogP contribution in [0.25, 0.3) is 0 Å². The summed E-state index contributed by atoms with van der Waals surface area (Å²) < 4.78 is 4.72. The molecule has 0 spiro atoms. The normalized spacial score (nSPS) is 14.1. The fourth-order valence-corrected chi connectivity index (χ4v) is 2.88. The molecule has 1 aliphatic carbocycles. The SMILES string of the molecule is COC(=O)c1ccccc1NC(=O)C1(C(=O)NCc2ccc(Cl)cc2)CC1. The van der Waals surface area contributed by atoms with Crippen molar-refractivity contribution < 1.29 is 19.1 Å². The molecule has 140 valence electrons. The second-order valence-electron chi connectivity index (χ2n) is 6.38. The van der Waals surface area contributed by atoms with Crippen LogP contribution in [-0.2, 0) is 20.9 Å². The highest BCUT2D eigenvalue weighted by molar-refractivity contribution is 6.30. The lowest BCUT2D eigenvalue weighted by molar-refractivity contribution is -0.134. The summed E-state index contributed by atoms with van der Waals surface area (Å²) in [6.07, 6.45) is 0.928. The molecule has 1 saturated carbocycles. The average Bonchev–Trinajstić information content (AvgIpc) is 3.49. The number of hydrogen-bond donors (Lipinski definition) is 2. The first-order valence-electron chi connectivity index (χ1n) is 8.48. The molecule has 6 nitrogen and oxygen atoms in total. The number of methoxy groups -OCH3 is 1. The van der Waals surface area contributed by atoms with Gasteiger partial charge in [-0.3, -0.25) is 9.59 Å². The Morgan fingerprint density at radius 1 is 1.04 bits per heavy atom. The molecule has 0 aliphatic heterocycles. The van der Waals surface area contributed by atoms with Crippen LogP contribution in [-0.4, -0.2) is 24.9 Å². The number of esters is 1. The summed E-state index contributed by atoms with van der Waals surface area (Å²) in [4.78, 5) is 37.1. The Bertz CT molecular complexity index is 876. The fraction of sp³-hybridized carbons (Fsp3) is 0.250. The van der Waals surface area contributed by atoms with Crippen molar-refractivity contribution in [1.82, 2.24) is 5.32 Å². The maximum Gasteiger partial charge on any atom is 0.339 e. The minimum Gasteiger partial charge on any atom is -0.465 e. The smallest absolute Gasteiger partial charge is 0.339 e. The van der Waals surface area contributed by atoms with Crippen molar-refractivity contribution in [2.75, 3.05) is 12.4 Å². The number of carbonyl (C=O) groups is 3. The van der Waals surface area contributed by atoms with Gasteiger partial charge in [-0.2, -0.15) is 0 Å². The minimum atomic E-state index is -1.10. The molecule has 1 aliphatic rings. The van der Waals surface area contributed by atoms with Crippen molar-refractivity contribution in [3.05, 3.63) is 64.7 Å².